The average Bonchev–Trinajstić information content (AvgIpc) is 2.88. The molecule has 1 aliphatic heterocycles. The predicted octanol–water partition coefficient (Wildman–Crippen LogP) is 4.15. The minimum Gasteiger partial charge on any atom is -0.489 e. The van der Waals surface area contributed by atoms with Gasteiger partial charge < -0.3 is 14.4 Å². The van der Waals surface area contributed by atoms with Gasteiger partial charge >= 0.3 is 0 Å². The molecule has 1 saturated heterocycles. The highest BCUT2D eigenvalue weighted by Gasteiger charge is 2.32. The van der Waals surface area contributed by atoms with Gasteiger partial charge in [-0.3, -0.25) is 9.97 Å². The zero-order valence-corrected chi connectivity index (χ0v) is 20.1. The van der Waals surface area contributed by atoms with Crippen LogP contribution in [0.15, 0.2) is 47.8 Å². The van der Waals surface area contributed by atoms with Crippen LogP contribution < -0.4 is 9.64 Å². The Bertz CT molecular complexity index is 1250. The molecule has 0 aliphatic carbocycles. The molecule has 4 rings (SSSR count). The van der Waals surface area contributed by atoms with Crippen LogP contribution in [0.4, 0.5) is 10.2 Å². The Morgan fingerprint density at radius 2 is 1.97 bits per heavy atom. The molecule has 1 atom stereocenters. The summed E-state index contributed by atoms with van der Waals surface area (Å²) in [5.74, 6) is 1.38. The molecular weight excluding hydrogens is 467 g/mol. The predicted molar refractivity (Wildman–Crippen MR) is 130 cm³/mol. The summed E-state index contributed by atoms with van der Waals surface area (Å²) in [5, 5.41) is 20.6. The normalized spacial score (nSPS) is 14.0. The molecule has 8 nitrogen and oxygen atoms in total. The van der Waals surface area contributed by atoms with Crippen LogP contribution >= 0.6 is 11.8 Å². The van der Waals surface area contributed by atoms with E-state index >= 15 is 0 Å². The summed E-state index contributed by atoms with van der Waals surface area (Å²) in [4.78, 5) is 15.1. The first kappa shape index (κ1) is 24.4. The van der Waals surface area contributed by atoms with Crippen molar-refractivity contribution in [1.29, 1.82) is 10.5 Å². The minimum absolute atomic E-state index is 0.0811. The van der Waals surface area contributed by atoms with Crippen molar-refractivity contribution in [3.05, 3.63) is 59.5 Å². The van der Waals surface area contributed by atoms with Crippen LogP contribution in [0.2, 0.25) is 0 Å². The second-order valence-corrected chi connectivity index (χ2v) is 8.90. The van der Waals surface area contributed by atoms with Gasteiger partial charge in [0.15, 0.2) is 0 Å². The van der Waals surface area contributed by atoms with Crippen molar-refractivity contribution in [2.75, 3.05) is 31.7 Å². The number of thioether (sulfide) groups is 1. The van der Waals surface area contributed by atoms with E-state index in [-0.39, 0.29) is 30.3 Å². The van der Waals surface area contributed by atoms with E-state index in [1.807, 2.05) is 25.1 Å². The fourth-order valence-corrected chi connectivity index (χ4v) is 4.37. The summed E-state index contributed by atoms with van der Waals surface area (Å²) in [7, 11) is 1.61. The number of ether oxygens (including phenoxy) is 2. The maximum absolute atomic E-state index is 13.7. The zero-order valence-electron chi connectivity index (χ0n) is 19.3. The fourth-order valence-electron chi connectivity index (χ4n) is 3.47. The standard InChI is InChI=1S/C25H23FN6O2S/c1-16(33-2)14-34-19-6-7-22(30-11-19)23-20(9-27)24(32-12-17(26)13-32)31-25(21(23)10-28)35-15-18-5-3-4-8-29-18/h3-8,11,16-17H,12-15H2,1-2H3/t16-/m0/s1. The van der Waals surface area contributed by atoms with Crippen molar-refractivity contribution >= 4 is 17.6 Å². The van der Waals surface area contributed by atoms with Gasteiger partial charge in [0.05, 0.1) is 42.3 Å². The van der Waals surface area contributed by atoms with Gasteiger partial charge in [0.1, 0.15) is 47.1 Å². The largest absolute Gasteiger partial charge is 0.489 e. The van der Waals surface area contributed by atoms with Crippen LogP contribution in [-0.2, 0) is 10.5 Å². The number of hydrogen-bond acceptors (Lipinski definition) is 9. The molecule has 1 fully saturated rings. The number of halogens is 1. The van der Waals surface area contributed by atoms with Gasteiger partial charge in [-0.1, -0.05) is 17.8 Å². The number of nitriles is 2. The van der Waals surface area contributed by atoms with Gasteiger partial charge in [-0.05, 0) is 31.2 Å². The lowest BCUT2D eigenvalue weighted by Gasteiger charge is -2.36. The summed E-state index contributed by atoms with van der Waals surface area (Å²) in [6, 6.07) is 13.4. The Morgan fingerprint density at radius 3 is 2.57 bits per heavy atom. The highest BCUT2D eigenvalue weighted by Crippen LogP contribution is 2.39. The van der Waals surface area contributed by atoms with Gasteiger partial charge in [0.25, 0.3) is 0 Å². The Labute approximate surface area is 207 Å². The second-order valence-electron chi connectivity index (χ2n) is 7.94. The number of nitrogens with zero attached hydrogens (tertiary/aromatic N) is 6. The first-order chi connectivity index (χ1) is 17.0. The maximum atomic E-state index is 13.7. The molecule has 0 unspecified atom stereocenters. The lowest BCUT2D eigenvalue weighted by atomic mass is 9.99. The van der Waals surface area contributed by atoms with E-state index in [4.69, 9.17) is 9.47 Å². The molecule has 3 aromatic heterocycles. The molecule has 0 spiro atoms. The minimum atomic E-state index is -0.976. The molecule has 10 heteroatoms. The first-order valence-corrected chi connectivity index (χ1v) is 11.9. The number of methoxy groups -OCH3 is 1. The molecule has 0 aromatic carbocycles. The lowest BCUT2D eigenvalue weighted by molar-refractivity contribution is 0.0715. The van der Waals surface area contributed by atoms with E-state index in [9.17, 15) is 14.9 Å². The molecule has 0 N–H and O–H groups in total. The molecule has 1 aliphatic rings. The quantitative estimate of drug-likeness (QED) is 0.409. The first-order valence-electron chi connectivity index (χ1n) is 11.0. The van der Waals surface area contributed by atoms with E-state index in [1.54, 1.807) is 36.5 Å². The summed E-state index contributed by atoms with van der Waals surface area (Å²) in [6.07, 6.45) is 2.19. The monoisotopic (exact) mass is 490 g/mol. The van der Waals surface area contributed by atoms with Gasteiger partial charge in [0.2, 0.25) is 0 Å². The zero-order chi connectivity index (χ0) is 24.8. The van der Waals surface area contributed by atoms with Crippen LogP contribution in [0.3, 0.4) is 0 Å². The lowest BCUT2D eigenvalue weighted by Crippen LogP contribution is -2.49. The number of alkyl halides is 1. The molecule has 0 radical (unpaired) electrons. The van der Waals surface area contributed by atoms with Gasteiger partial charge in [0, 0.05) is 24.6 Å². The highest BCUT2D eigenvalue weighted by atomic mass is 32.2. The molecular formula is C25H23FN6O2S. The number of rotatable bonds is 9. The summed E-state index contributed by atoms with van der Waals surface area (Å²) < 4.78 is 24.5. The van der Waals surface area contributed by atoms with Crippen LogP contribution in [0.25, 0.3) is 11.3 Å². The van der Waals surface area contributed by atoms with Crippen molar-refractivity contribution in [2.45, 2.75) is 30.0 Å². The molecule has 0 bridgehead atoms. The van der Waals surface area contributed by atoms with E-state index < -0.39 is 6.17 Å². The second kappa shape index (κ2) is 11.1. The Morgan fingerprint density at radius 1 is 1.17 bits per heavy atom. The van der Waals surface area contributed by atoms with Gasteiger partial charge in [-0.2, -0.15) is 10.5 Å². The van der Waals surface area contributed by atoms with E-state index in [0.717, 1.165) is 5.69 Å². The van der Waals surface area contributed by atoms with Crippen molar-refractivity contribution in [3.63, 3.8) is 0 Å². The Kier molecular flexibility index (Phi) is 7.76. The summed E-state index contributed by atoms with van der Waals surface area (Å²) >= 11 is 1.34. The maximum Gasteiger partial charge on any atom is 0.148 e. The fraction of sp³-hybridized carbons (Fsp3) is 0.320. The number of aromatic nitrogens is 3. The van der Waals surface area contributed by atoms with E-state index in [1.165, 1.54) is 11.8 Å². The highest BCUT2D eigenvalue weighted by molar-refractivity contribution is 7.98. The molecule has 178 valence electrons. The van der Waals surface area contributed by atoms with Crippen LogP contribution in [0.1, 0.15) is 23.7 Å². The number of anilines is 1. The van der Waals surface area contributed by atoms with Crippen LogP contribution in [0, 0.1) is 22.7 Å². The Balaban J connectivity index is 1.74. The average molecular weight is 491 g/mol. The number of hydrogen-bond donors (Lipinski definition) is 0. The van der Waals surface area contributed by atoms with Crippen molar-refractivity contribution < 1.29 is 13.9 Å². The van der Waals surface area contributed by atoms with Gasteiger partial charge in [-0.15, -0.1) is 0 Å². The third-order valence-corrected chi connectivity index (χ3v) is 6.48. The van der Waals surface area contributed by atoms with Crippen molar-refractivity contribution in [2.24, 2.45) is 0 Å². The van der Waals surface area contributed by atoms with Crippen LogP contribution in [0.5, 0.6) is 5.75 Å². The van der Waals surface area contributed by atoms with Crippen molar-refractivity contribution in [1.82, 2.24) is 15.0 Å². The molecule has 0 saturated carbocycles. The SMILES string of the molecule is CO[C@@H](C)COc1ccc(-c2c(C#N)c(SCc3ccccn3)nc(N3CC(F)C3)c2C#N)nc1. The Hall–Kier alpha value is -3.73. The molecule has 3 aromatic rings. The third kappa shape index (κ3) is 5.51. The van der Waals surface area contributed by atoms with Crippen molar-refractivity contribution in [3.8, 4) is 29.1 Å². The third-order valence-electron chi connectivity index (χ3n) is 5.47. The summed E-state index contributed by atoms with van der Waals surface area (Å²) in [5.41, 5.74) is 2.09. The smallest absolute Gasteiger partial charge is 0.148 e. The van der Waals surface area contributed by atoms with E-state index in [0.29, 0.717) is 40.2 Å². The molecule has 0 amide bonds. The van der Waals surface area contributed by atoms with E-state index in [2.05, 4.69) is 27.1 Å². The van der Waals surface area contributed by atoms with Crippen LogP contribution in [-0.4, -0.2) is 54.0 Å². The van der Waals surface area contributed by atoms with Gasteiger partial charge in [-0.25, -0.2) is 9.37 Å². The molecule has 4 heterocycles. The molecule has 35 heavy (non-hydrogen) atoms. The summed E-state index contributed by atoms with van der Waals surface area (Å²) in [6.45, 7) is 2.54. The topological polar surface area (TPSA) is 108 Å². The number of pyridine rings is 3.